The molecule has 1 heterocycles. The molecule has 0 saturated heterocycles. The number of para-hydroxylation sites is 1. The second kappa shape index (κ2) is 4.44. The van der Waals surface area contributed by atoms with Gasteiger partial charge in [0.1, 0.15) is 0 Å². The summed E-state index contributed by atoms with van der Waals surface area (Å²) in [5.74, 6) is 0. The van der Waals surface area contributed by atoms with Gasteiger partial charge in [0.05, 0.1) is 16.1 Å². The molecule has 1 aromatic carbocycles. The lowest BCUT2D eigenvalue weighted by Gasteiger charge is -2.00. The Bertz CT molecular complexity index is 603. The van der Waals surface area contributed by atoms with Crippen molar-refractivity contribution in [2.75, 3.05) is 0 Å². The van der Waals surface area contributed by atoms with Gasteiger partial charge < -0.3 is 9.55 Å². The van der Waals surface area contributed by atoms with Crippen molar-refractivity contribution in [2.45, 2.75) is 20.4 Å². The molecule has 0 saturated carbocycles. The number of aromatic nitrogens is 2. The molecule has 84 valence electrons. The smallest absolute Gasteiger partial charge is 0.178 e. The lowest BCUT2D eigenvalue weighted by Crippen LogP contribution is -1.95. The molecule has 0 aliphatic heterocycles. The fourth-order valence-electron chi connectivity index (χ4n) is 1.60. The van der Waals surface area contributed by atoms with E-state index in [0.717, 1.165) is 17.6 Å². The molecule has 0 unspecified atom stereocenters. The van der Waals surface area contributed by atoms with Crippen LogP contribution in [0.15, 0.2) is 29.8 Å². The molecule has 0 aliphatic carbocycles. The van der Waals surface area contributed by atoms with Gasteiger partial charge in [-0.05, 0) is 38.2 Å². The van der Waals surface area contributed by atoms with Gasteiger partial charge in [-0.25, -0.2) is 0 Å². The van der Waals surface area contributed by atoms with E-state index >= 15 is 0 Å². The van der Waals surface area contributed by atoms with E-state index < -0.39 is 0 Å². The van der Waals surface area contributed by atoms with Crippen LogP contribution in [-0.2, 0) is 6.54 Å². The summed E-state index contributed by atoms with van der Waals surface area (Å²) in [4.78, 5) is 3.14. The highest BCUT2D eigenvalue weighted by atomic mass is 35.5. The molecular formula is C12H13ClN2S. The Morgan fingerprint density at radius 2 is 2.25 bits per heavy atom. The number of nitrogens with zero attached hydrogens (tertiary/aromatic N) is 1. The van der Waals surface area contributed by atoms with E-state index in [-0.39, 0.29) is 0 Å². The monoisotopic (exact) mass is 252 g/mol. The van der Waals surface area contributed by atoms with E-state index in [0.29, 0.717) is 9.79 Å². The zero-order valence-electron chi connectivity index (χ0n) is 9.25. The van der Waals surface area contributed by atoms with Crippen LogP contribution in [0, 0.1) is 4.77 Å². The van der Waals surface area contributed by atoms with Crippen molar-refractivity contribution in [2.24, 2.45) is 0 Å². The van der Waals surface area contributed by atoms with E-state index in [9.17, 15) is 0 Å². The number of aromatic amines is 1. The van der Waals surface area contributed by atoms with E-state index in [1.807, 2.05) is 22.8 Å². The lowest BCUT2D eigenvalue weighted by molar-refractivity contribution is 0.828. The van der Waals surface area contributed by atoms with Crippen LogP contribution >= 0.6 is 23.8 Å². The second-order valence-corrected chi connectivity index (χ2v) is 4.75. The largest absolute Gasteiger partial charge is 0.329 e. The minimum Gasteiger partial charge on any atom is -0.329 e. The molecule has 1 aromatic heterocycles. The Morgan fingerprint density at radius 3 is 2.94 bits per heavy atom. The molecule has 0 aliphatic rings. The van der Waals surface area contributed by atoms with Gasteiger partial charge in [-0.1, -0.05) is 29.3 Å². The number of H-pyrrole nitrogens is 1. The van der Waals surface area contributed by atoms with Crippen LogP contribution in [0.2, 0.25) is 5.02 Å². The third-order valence-electron chi connectivity index (χ3n) is 2.44. The van der Waals surface area contributed by atoms with E-state index in [2.05, 4.69) is 24.9 Å². The van der Waals surface area contributed by atoms with Crippen LogP contribution in [-0.4, -0.2) is 9.55 Å². The van der Waals surface area contributed by atoms with Crippen molar-refractivity contribution in [3.05, 3.63) is 39.6 Å². The number of hydrogen-bond donors (Lipinski definition) is 1. The minimum atomic E-state index is 0.708. The Morgan fingerprint density at radius 1 is 1.50 bits per heavy atom. The van der Waals surface area contributed by atoms with Gasteiger partial charge in [-0.3, -0.25) is 0 Å². The standard InChI is InChI=1S/C12H13ClN2S/c1-8(2)6-7-15-10-5-3-4-9(13)11(10)14-12(15)16/h3-6H,7H2,1-2H3,(H,14,16). The number of rotatable bonds is 2. The Labute approximate surface area is 105 Å². The van der Waals surface area contributed by atoms with Crippen LogP contribution in [0.25, 0.3) is 11.0 Å². The van der Waals surface area contributed by atoms with E-state index in [1.54, 1.807) is 0 Å². The number of nitrogens with one attached hydrogen (secondary N) is 1. The Balaban J connectivity index is 2.61. The van der Waals surface area contributed by atoms with Gasteiger partial charge >= 0.3 is 0 Å². The number of allylic oxidation sites excluding steroid dienone is 2. The fraction of sp³-hybridized carbons (Fsp3) is 0.250. The van der Waals surface area contributed by atoms with Crippen LogP contribution in [0.5, 0.6) is 0 Å². The first-order valence-corrected chi connectivity index (χ1v) is 5.88. The summed E-state index contributed by atoms with van der Waals surface area (Å²) in [5.41, 5.74) is 3.24. The van der Waals surface area contributed by atoms with Gasteiger partial charge in [-0.15, -0.1) is 0 Å². The van der Waals surface area contributed by atoms with Crippen LogP contribution < -0.4 is 0 Å². The quantitative estimate of drug-likeness (QED) is 0.624. The van der Waals surface area contributed by atoms with Crippen molar-refractivity contribution in [3.63, 3.8) is 0 Å². The molecule has 2 aromatic rings. The molecule has 0 fully saturated rings. The predicted molar refractivity (Wildman–Crippen MR) is 71.6 cm³/mol. The zero-order chi connectivity index (χ0) is 11.7. The van der Waals surface area contributed by atoms with E-state index in [1.165, 1.54) is 5.57 Å². The molecule has 0 atom stereocenters. The molecule has 16 heavy (non-hydrogen) atoms. The lowest BCUT2D eigenvalue weighted by atomic mass is 10.3. The van der Waals surface area contributed by atoms with Crippen LogP contribution in [0.1, 0.15) is 13.8 Å². The summed E-state index contributed by atoms with van der Waals surface area (Å²) in [7, 11) is 0. The number of hydrogen-bond acceptors (Lipinski definition) is 1. The van der Waals surface area contributed by atoms with Gasteiger partial charge in [-0.2, -0.15) is 0 Å². The van der Waals surface area contributed by atoms with Crippen molar-refractivity contribution >= 4 is 34.9 Å². The molecule has 1 N–H and O–H groups in total. The number of fused-ring (bicyclic) bond motifs is 1. The third-order valence-corrected chi connectivity index (χ3v) is 3.08. The molecule has 2 nitrogen and oxygen atoms in total. The summed E-state index contributed by atoms with van der Waals surface area (Å²) in [6.07, 6.45) is 2.14. The normalized spacial score (nSPS) is 10.7. The fourth-order valence-corrected chi connectivity index (χ4v) is 2.09. The van der Waals surface area contributed by atoms with Crippen molar-refractivity contribution in [1.82, 2.24) is 9.55 Å². The van der Waals surface area contributed by atoms with Gasteiger partial charge in [0, 0.05) is 6.54 Å². The molecule has 0 amide bonds. The first-order chi connectivity index (χ1) is 7.59. The molecule has 0 spiro atoms. The summed E-state index contributed by atoms with van der Waals surface area (Å²) >= 11 is 11.4. The average molecular weight is 253 g/mol. The molecule has 2 rings (SSSR count). The predicted octanol–water partition coefficient (Wildman–Crippen LogP) is 4.32. The van der Waals surface area contributed by atoms with Crippen molar-refractivity contribution in [3.8, 4) is 0 Å². The summed E-state index contributed by atoms with van der Waals surface area (Å²) < 4.78 is 2.75. The van der Waals surface area contributed by atoms with Gasteiger partial charge in [0.2, 0.25) is 0 Å². The van der Waals surface area contributed by atoms with E-state index in [4.69, 9.17) is 23.8 Å². The summed E-state index contributed by atoms with van der Waals surface area (Å²) in [6.45, 7) is 4.93. The highest BCUT2D eigenvalue weighted by Gasteiger charge is 2.05. The van der Waals surface area contributed by atoms with Crippen molar-refractivity contribution in [1.29, 1.82) is 0 Å². The van der Waals surface area contributed by atoms with Gasteiger partial charge in [0.15, 0.2) is 4.77 Å². The number of benzene rings is 1. The SMILES string of the molecule is CC(C)=CCn1c(=S)[nH]c2c(Cl)cccc21. The average Bonchev–Trinajstić information content (AvgIpc) is 2.53. The minimum absolute atomic E-state index is 0.708. The van der Waals surface area contributed by atoms with Crippen LogP contribution in [0.3, 0.4) is 0 Å². The van der Waals surface area contributed by atoms with Crippen LogP contribution in [0.4, 0.5) is 0 Å². The first kappa shape index (κ1) is 11.4. The first-order valence-electron chi connectivity index (χ1n) is 5.10. The molecule has 4 heteroatoms. The summed E-state index contributed by atoms with van der Waals surface area (Å²) in [5, 5.41) is 0.708. The second-order valence-electron chi connectivity index (χ2n) is 3.96. The maximum absolute atomic E-state index is 6.10. The highest BCUT2D eigenvalue weighted by Crippen LogP contribution is 2.22. The molecule has 0 bridgehead atoms. The maximum Gasteiger partial charge on any atom is 0.178 e. The third kappa shape index (κ3) is 2.06. The topological polar surface area (TPSA) is 20.7 Å². The molecular weight excluding hydrogens is 240 g/mol. The Hall–Kier alpha value is -1.06. The van der Waals surface area contributed by atoms with Gasteiger partial charge in [0.25, 0.3) is 0 Å². The molecule has 0 radical (unpaired) electrons. The highest BCUT2D eigenvalue weighted by molar-refractivity contribution is 7.71. The summed E-state index contributed by atoms with van der Waals surface area (Å²) in [6, 6.07) is 5.82. The van der Waals surface area contributed by atoms with Crippen molar-refractivity contribution < 1.29 is 0 Å². The number of halogens is 1. The zero-order valence-corrected chi connectivity index (χ0v) is 10.8. The number of imidazole rings is 1. The maximum atomic E-state index is 6.10. The Kier molecular flexibility index (Phi) is 3.17.